The molecule has 2 unspecified atom stereocenters. The number of nitrogens with one attached hydrogen (secondary N) is 1. The van der Waals surface area contributed by atoms with Crippen molar-refractivity contribution in [3.8, 4) is 0 Å². The molecule has 0 bridgehead atoms. The lowest BCUT2D eigenvalue weighted by atomic mass is 9.81. The Morgan fingerprint density at radius 3 is 2.31 bits per heavy atom. The second kappa shape index (κ2) is 3.89. The van der Waals surface area contributed by atoms with Gasteiger partial charge in [0.05, 0.1) is 0 Å². The summed E-state index contributed by atoms with van der Waals surface area (Å²) in [6.45, 7) is 12.5. The van der Waals surface area contributed by atoms with Gasteiger partial charge in [-0.15, -0.1) is 0 Å². The van der Waals surface area contributed by atoms with Crippen LogP contribution in [0.4, 0.5) is 0 Å². The third kappa shape index (κ3) is 2.01. The first-order chi connectivity index (χ1) is 7.39. The Morgan fingerprint density at radius 1 is 1.25 bits per heavy atom. The highest BCUT2D eigenvalue weighted by molar-refractivity contribution is 5.37. The zero-order valence-corrected chi connectivity index (χ0v) is 11.1. The second-order valence-corrected chi connectivity index (χ2v) is 6.18. The molecule has 16 heavy (non-hydrogen) atoms. The van der Waals surface area contributed by atoms with Crippen molar-refractivity contribution in [1.29, 1.82) is 0 Å². The van der Waals surface area contributed by atoms with Gasteiger partial charge in [0.15, 0.2) is 0 Å². The van der Waals surface area contributed by atoms with E-state index in [0.29, 0.717) is 6.04 Å². The molecule has 2 rings (SSSR count). The fourth-order valence-electron chi connectivity index (χ4n) is 2.38. The Balaban J connectivity index is 2.30. The molecule has 1 heterocycles. The van der Waals surface area contributed by atoms with Crippen LogP contribution in [0.15, 0.2) is 18.2 Å². The highest BCUT2D eigenvalue weighted by Crippen LogP contribution is 2.33. The maximum atomic E-state index is 3.51. The minimum atomic E-state index is 0.252. The van der Waals surface area contributed by atoms with Crippen LogP contribution >= 0.6 is 0 Å². The summed E-state index contributed by atoms with van der Waals surface area (Å²) in [6.07, 6.45) is 0. The molecule has 0 saturated carbocycles. The van der Waals surface area contributed by atoms with Gasteiger partial charge in [-0.1, -0.05) is 45.9 Å². The van der Waals surface area contributed by atoms with Gasteiger partial charge >= 0.3 is 0 Å². The molecule has 0 amide bonds. The van der Waals surface area contributed by atoms with E-state index in [9.17, 15) is 0 Å². The second-order valence-electron chi connectivity index (χ2n) is 6.18. The minimum Gasteiger partial charge on any atom is -0.309 e. The molecule has 1 aliphatic rings. The average Bonchev–Trinajstić information content (AvgIpc) is 2.17. The molecule has 1 N–H and O–H groups in total. The molecule has 2 atom stereocenters. The predicted octanol–water partition coefficient (Wildman–Crippen LogP) is 3.57. The van der Waals surface area contributed by atoms with Crippen LogP contribution < -0.4 is 5.32 Å². The Morgan fingerprint density at radius 2 is 1.94 bits per heavy atom. The topological polar surface area (TPSA) is 12.0 Å². The van der Waals surface area contributed by atoms with Gasteiger partial charge in [-0.25, -0.2) is 0 Å². The smallest absolute Gasteiger partial charge is 0.0360 e. The van der Waals surface area contributed by atoms with Crippen LogP contribution in [-0.2, 0) is 5.41 Å². The van der Waals surface area contributed by atoms with Crippen molar-refractivity contribution in [2.75, 3.05) is 6.54 Å². The number of benzene rings is 1. The Kier molecular flexibility index (Phi) is 2.83. The van der Waals surface area contributed by atoms with Gasteiger partial charge < -0.3 is 5.32 Å². The summed E-state index contributed by atoms with van der Waals surface area (Å²) in [6, 6.07) is 7.52. The maximum Gasteiger partial charge on any atom is 0.0360 e. The van der Waals surface area contributed by atoms with Crippen LogP contribution in [0.25, 0.3) is 0 Å². The van der Waals surface area contributed by atoms with Gasteiger partial charge in [0.1, 0.15) is 0 Å². The highest BCUT2D eigenvalue weighted by atomic mass is 15.0. The van der Waals surface area contributed by atoms with E-state index >= 15 is 0 Å². The number of hydrogen-bond acceptors (Lipinski definition) is 1. The first-order valence-corrected chi connectivity index (χ1v) is 6.24. The van der Waals surface area contributed by atoms with E-state index in [-0.39, 0.29) is 5.41 Å². The van der Waals surface area contributed by atoms with E-state index in [0.717, 1.165) is 12.5 Å². The van der Waals surface area contributed by atoms with Crippen LogP contribution in [0.2, 0.25) is 0 Å². The monoisotopic (exact) mass is 217 g/mol. The summed E-state index contributed by atoms with van der Waals surface area (Å²) >= 11 is 0. The summed E-state index contributed by atoms with van der Waals surface area (Å²) in [7, 11) is 0. The number of aryl methyl sites for hydroxylation is 1. The third-order valence-corrected chi connectivity index (χ3v) is 3.70. The fourth-order valence-corrected chi connectivity index (χ4v) is 2.38. The predicted molar refractivity (Wildman–Crippen MR) is 69.8 cm³/mol. The molecule has 1 aromatic carbocycles. The molecule has 1 nitrogen and oxygen atoms in total. The van der Waals surface area contributed by atoms with Crippen molar-refractivity contribution in [3.05, 3.63) is 34.9 Å². The van der Waals surface area contributed by atoms with E-state index < -0.39 is 0 Å². The largest absolute Gasteiger partial charge is 0.309 e. The fraction of sp³-hybridized carbons (Fsp3) is 0.600. The highest BCUT2D eigenvalue weighted by Gasteiger charge is 2.28. The summed E-state index contributed by atoms with van der Waals surface area (Å²) in [5.41, 5.74) is 4.59. The lowest BCUT2D eigenvalue weighted by Gasteiger charge is -2.37. The van der Waals surface area contributed by atoms with Gasteiger partial charge in [-0.05, 0) is 34.9 Å². The van der Waals surface area contributed by atoms with E-state index in [1.807, 2.05) is 0 Å². The number of rotatable bonds is 1. The van der Waals surface area contributed by atoms with E-state index in [4.69, 9.17) is 0 Å². The van der Waals surface area contributed by atoms with Crippen LogP contribution in [0.3, 0.4) is 0 Å². The van der Waals surface area contributed by atoms with Gasteiger partial charge in [0.2, 0.25) is 0 Å². The summed E-state index contributed by atoms with van der Waals surface area (Å²) in [5, 5.41) is 3.51. The zero-order chi connectivity index (χ0) is 11.9. The van der Waals surface area contributed by atoms with Crippen molar-refractivity contribution in [2.24, 2.45) is 5.92 Å². The molecule has 0 spiro atoms. The van der Waals surface area contributed by atoms with E-state index in [2.05, 4.69) is 58.1 Å². The van der Waals surface area contributed by atoms with Gasteiger partial charge in [0.25, 0.3) is 0 Å². The molecule has 1 aromatic rings. The lowest BCUT2D eigenvalue weighted by Crippen LogP contribution is -2.44. The third-order valence-electron chi connectivity index (χ3n) is 3.70. The zero-order valence-electron chi connectivity index (χ0n) is 11.1. The van der Waals surface area contributed by atoms with Gasteiger partial charge in [-0.3, -0.25) is 0 Å². The summed E-state index contributed by atoms with van der Waals surface area (Å²) in [5.74, 6) is 0.777. The molecule has 1 fully saturated rings. The minimum absolute atomic E-state index is 0.252. The van der Waals surface area contributed by atoms with Crippen molar-refractivity contribution in [2.45, 2.75) is 46.1 Å². The molecule has 1 saturated heterocycles. The molecule has 1 heteroatoms. The number of hydrogen-bond donors (Lipinski definition) is 1. The Labute approximate surface area is 99.3 Å². The quantitative estimate of drug-likeness (QED) is 0.758. The Bertz CT molecular complexity index is 387. The molecule has 0 aromatic heterocycles. The lowest BCUT2D eigenvalue weighted by molar-refractivity contribution is 0.257. The van der Waals surface area contributed by atoms with E-state index in [1.54, 1.807) is 0 Å². The summed E-state index contributed by atoms with van der Waals surface area (Å²) < 4.78 is 0. The van der Waals surface area contributed by atoms with Crippen LogP contribution in [-0.4, -0.2) is 6.54 Å². The van der Waals surface area contributed by atoms with Crippen LogP contribution in [0.1, 0.15) is 50.4 Å². The van der Waals surface area contributed by atoms with Crippen molar-refractivity contribution in [1.82, 2.24) is 5.32 Å². The Hall–Kier alpha value is -0.820. The average molecular weight is 217 g/mol. The van der Waals surface area contributed by atoms with Gasteiger partial charge in [0, 0.05) is 12.6 Å². The molecule has 0 aliphatic carbocycles. The van der Waals surface area contributed by atoms with Crippen LogP contribution in [0, 0.1) is 12.8 Å². The SMILES string of the molecule is Cc1cc(C(C)(C)C)ccc1C1NCC1C. The summed E-state index contributed by atoms with van der Waals surface area (Å²) in [4.78, 5) is 0. The molecular weight excluding hydrogens is 194 g/mol. The standard InChI is InChI=1S/C15H23N/c1-10-8-12(15(3,4)5)6-7-13(10)14-11(2)9-16-14/h6-8,11,14,16H,9H2,1-5H3. The molecule has 88 valence electrons. The normalized spacial score (nSPS) is 25.3. The molecular formula is C15H23N. The van der Waals surface area contributed by atoms with Crippen molar-refractivity contribution >= 4 is 0 Å². The maximum absolute atomic E-state index is 3.51. The van der Waals surface area contributed by atoms with Crippen molar-refractivity contribution in [3.63, 3.8) is 0 Å². The van der Waals surface area contributed by atoms with Gasteiger partial charge in [-0.2, -0.15) is 0 Å². The first kappa shape index (κ1) is 11.7. The molecule has 0 radical (unpaired) electrons. The first-order valence-electron chi connectivity index (χ1n) is 6.24. The molecule has 1 aliphatic heterocycles. The van der Waals surface area contributed by atoms with Crippen LogP contribution in [0.5, 0.6) is 0 Å². The van der Waals surface area contributed by atoms with E-state index in [1.165, 1.54) is 16.7 Å². The van der Waals surface area contributed by atoms with Crippen molar-refractivity contribution < 1.29 is 0 Å².